The van der Waals surface area contributed by atoms with E-state index >= 15 is 0 Å². The fraction of sp³-hybridized carbons (Fsp3) is 0.300. The summed E-state index contributed by atoms with van der Waals surface area (Å²) in [6.45, 7) is 6.27. The average Bonchev–Trinajstić information content (AvgIpc) is 3.21. The molecule has 1 atom stereocenters. The Kier molecular flexibility index (Phi) is 7.81. The lowest BCUT2D eigenvalue weighted by Crippen LogP contribution is -2.42. The lowest BCUT2D eigenvalue weighted by molar-refractivity contribution is -0.140. The first-order valence-corrected chi connectivity index (χ1v) is 12.8. The van der Waals surface area contributed by atoms with Crippen LogP contribution in [0.15, 0.2) is 78.6 Å². The summed E-state index contributed by atoms with van der Waals surface area (Å²) in [5, 5.41) is 11.3. The Morgan fingerprint density at radius 1 is 1.05 bits per heavy atom. The Bertz CT molecular complexity index is 1320. The van der Waals surface area contributed by atoms with E-state index in [2.05, 4.69) is 16.0 Å². The summed E-state index contributed by atoms with van der Waals surface area (Å²) in [4.78, 5) is 34.3. The molecule has 2 fully saturated rings. The number of ketones is 1. The number of rotatable bonds is 8. The average molecular weight is 514 g/mol. The van der Waals surface area contributed by atoms with Gasteiger partial charge in [-0.25, -0.2) is 0 Å². The van der Waals surface area contributed by atoms with Gasteiger partial charge in [0, 0.05) is 44.1 Å². The van der Waals surface area contributed by atoms with Gasteiger partial charge in [-0.2, -0.15) is 0 Å². The summed E-state index contributed by atoms with van der Waals surface area (Å²) in [5.41, 5.74) is 3.40. The van der Waals surface area contributed by atoms with Crippen molar-refractivity contribution in [1.29, 1.82) is 0 Å². The predicted octanol–water partition coefficient (Wildman–Crippen LogP) is 3.72. The zero-order valence-electron chi connectivity index (χ0n) is 21.4. The molecule has 0 saturated carbocycles. The van der Waals surface area contributed by atoms with Gasteiger partial charge in [-0.05, 0) is 48.4 Å². The second kappa shape index (κ2) is 11.6. The number of aliphatic hydroxyl groups excluding tert-OH is 1. The van der Waals surface area contributed by atoms with Crippen LogP contribution < -0.4 is 4.74 Å². The Balaban J connectivity index is 1.39. The summed E-state index contributed by atoms with van der Waals surface area (Å²) in [6, 6.07) is 17.8. The summed E-state index contributed by atoms with van der Waals surface area (Å²) < 4.78 is 11.3. The normalized spacial score (nSPS) is 19.6. The molecule has 0 spiro atoms. The molecular weight excluding hydrogens is 482 g/mol. The van der Waals surface area contributed by atoms with E-state index in [0.29, 0.717) is 49.8 Å². The molecule has 196 valence electrons. The Morgan fingerprint density at radius 3 is 2.55 bits per heavy atom. The van der Waals surface area contributed by atoms with Gasteiger partial charge in [0.2, 0.25) is 0 Å². The van der Waals surface area contributed by atoms with Crippen LogP contribution >= 0.6 is 0 Å². The minimum atomic E-state index is -0.720. The monoisotopic (exact) mass is 513 g/mol. The zero-order valence-corrected chi connectivity index (χ0v) is 21.4. The van der Waals surface area contributed by atoms with E-state index in [1.165, 1.54) is 0 Å². The Morgan fingerprint density at radius 2 is 1.84 bits per heavy atom. The van der Waals surface area contributed by atoms with Gasteiger partial charge in [-0.15, -0.1) is 0 Å². The SMILES string of the molecule is Cc1cccc(COc2ccc(C(O)=C3C(=O)C(=O)N(CCN4CCOCC4)[C@H]3c3cccnc3)cc2)c1. The second-order valence-corrected chi connectivity index (χ2v) is 9.53. The number of Topliss-reactive ketones (excluding diaryl/α,β-unsaturated/α-hetero) is 1. The molecule has 2 saturated heterocycles. The van der Waals surface area contributed by atoms with E-state index in [1.54, 1.807) is 47.6 Å². The molecule has 1 amide bonds. The molecule has 2 aliphatic rings. The van der Waals surface area contributed by atoms with Gasteiger partial charge in [0.25, 0.3) is 11.7 Å². The maximum Gasteiger partial charge on any atom is 0.295 e. The summed E-state index contributed by atoms with van der Waals surface area (Å²) >= 11 is 0. The standard InChI is InChI=1S/C30H31N3O5/c1-21-4-2-5-22(18-21)20-38-25-9-7-23(8-10-25)28(34)26-27(24-6-3-11-31-19-24)33(30(36)29(26)35)13-12-32-14-16-37-17-15-32/h2-11,18-19,27,34H,12-17,20H2,1H3/t27-/m0/s1. The number of aliphatic hydroxyl groups is 1. The molecule has 8 nitrogen and oxygen atoms in total. The number of hydrogen-bond donors (Lipinski definition) is 1. The zero-order chi connectivity index (χ0) is 26.5. The van der Waals surface area contributed by atoms with Crippen LogP contribution in [0.2, 0.25) is 0 Å². The lowest BCUT2D eigenvalue weighted by Gasteiger charge is -2.30. The van der Waals surface area contributed by atoms with Gasteiger partial charge < -0.3 is 19.5 Å². The van der Waals surface area contributed by atoms with Crippen molar-refractivity contribution in [2.75, 3.05) is 39.4 Å². The molecule has 2 aliphatic heterocycles. The van der Waals surface area contributed by atoms with Crippen molar-refractivity contribution in [3.63, 3.8) is 0 Å². The number of carbonyl (C=O) groups is 2. The predicted molar refractivity (Wildman–Crippen MR) is 142 cm³/mol. The van der Waals surface area contributed by atoms with E-state index in [9.17, 15) is 14.7 Å². The van der Waals surface area contributed by atoms with Crippen LogP contribution in [0.3, 0.4) is 0 Å². The number of morpholine rings is 1. The summed E-state index contributed by atoms with van der Waals surface area (Å²) in [5.74, 6) is -0.890. The quantitative estimate of drug-likeness (QED) is 0.279. The van der Waals surface area contributed by atoms with Crippen molar-refractivity contribution in [2.45, 2.75) is 19.6 Å². The Hall–Kier alpha value is -4.01. The lowest BCUT2D eigenvalue weighted by atomic mass is 9.96. The number of hydrogen-bond acceptors (Lipinski definition) is 7. The second-order valence-electron chi connectivity index (χ2n) is 9.53. The topological polar surface area (TPSA) is 92.2 Å². The highest BCUT2D eigenvalue weighted by atomic mass is 16.5. The van der Waals surface area contributed by atoms with E-state index in [1.807, 2.05) is 31.2 Å². The fourth-order valence-electron chi connectivity index (χ4n) is 4.90. The number of benzene rings is 2. The number of likely N-dealkylation sites (tertiary alicyclic amines) is 1. The minimum Gasteiger partial charge on any atom is -0.507 e. The highest BCUT2D eigenvalue weighted by Crippen LogP contribution is 2.39. The van der Waals surface area contributed by atoms with Crippen LogP contribution in [-0.4, -0.2) is 71.0 Å². The van der Waals surface area contributed by atoms with Gasteiger partial charge in [0.15, 0.2) is 0 Å². The van der Waals surface area contributed by atoms with Crippen molar-refractivity contribution in [1.82, 2.24) is 14.8 Å². The van der Waals surface area contributed by atoms with Crippen LogP contribution in [0, 0.1) is 6.92 Å². The molecule has 8 heteroatoms. The van der Waals surface area contributed by atoms with Crippen LogP contribution in [0.25, 0.3) is 5.76 Å². The minimum absolute atomic E-state index is 0.0680. The molecule has 5 rings (SSSR count). The van der Waals surface area contributed by atoms with Crippen molar-refractivity contribution >= 4 is 17.4 Å². The molecule has 2 aromatic carbocycles. The molecule has 0 radical (unpaired) electrons. The highest BCUT2D eigenvalue weighted by Gasteiger charge is 2.46. The van der Waals surface area contributed by atoms with Crippen LogP contribution in [-0.2, 0) is 20.9 Å². The van der Waals surface area contributed by atoms with E-state index in [-0.39, 0.29) is 11.3 Å². The van der Waals surface area contributed by atoms with Gasteiger partial charge in [-0.3, -0.25) is 19.5 Å². The maximum absolute atomic E-state index is 13.2. The largest absolute Gasteiger partial charge is 0.507 e. The summed E-state index contributed by atoms with van der Waals surface area (Å²) in [7, 11) is 0. The van der Waals surface area contributed by atoms with Gasteiger partial charge >= 0.3 is 0 Å². The molecule has 3 heterocycles. The number of nitrogens with zero attached hydrogens (tertiary/aromatic N) is 3. The molecule has 1 N–H and O–H groups in total. The molecular formula is C30H31N3O5. The van der Waals surface area contributed by atoms with Crippen molar-refractivity contribution in [3.8, 4) is 5.75 Å². The molecule has 1 aromatic heterocycles. The van der Waals surface area contributed by atoms with E-state index in [0.717, 1.165) is 24.2 Å². The third-order valence-electron chi connectivity index (χ3n) is 6.92. The first-order chi connectivity index (χ1) is 18.5. The molecule has 3 aromatic rings. The van der Waals surface area contributed by atoms with E-state index in [4.69, 9.17) is 9.47 Å². The fourth-order valence-corrected chi connectivity index (χ4v) is 4.90. The molecule has 0 bridgehead atoms. The highest BCUT2D eigenvalue weighted by molar-refractivity contribution is 6.46. The van der Waals surface area contributed by atoms with E-state index < -0.39 is 17.7 Å². The number of ether oxygens (including phenoxy) is 2. The van der Waals surface area contributed by atoms with Gasteiger partial charge in [0.1, 0.15) is 18.1 Å². The number of pyridine rings is 1. The van der Waals surface area contributed by atoms with Gasteiger partial charge in [0.05, 0.1) is 24.8 Å². The number of aryl methyl sites for hydroxylation is 1. The third-order valence-corrected chi connectivity index (χ3v) is 6.92. The van der Waals surface area contributed by atoms with Crippen molar-refractivity contribution < 1.29 is 24.2 Å². The van der Waals surface area contributed by atoms with Crippen molar-refractivity contribution in [3.05, 3.63) is 101 Å². The van der Waals surface area contributed by atoms with Crippen LogP contribution in [0.1, 0.15) is 28.3 Å². The van der Waals surface area contributed by atoms with Crippen LogP contribution in [0.4, 0.5) is 0 Å². The van der Waals surface area contributed by atoms with Gasteiger partial charge in [-0.1, -0.05) is 35.9 Å². The van der Waals surface area contributed by atoms with Crippen LogP contribution in [0.5, 0.6) is 5.75 Å². The Labute approximate surface area is 222 Å². The first kappa shape index (κ1) is 25.6. The molecule has 38 heavy (non-hydrogen) atoms. The maximum atomic E-state index is 13.2. The molecule has 0 aliphatic carbocycles. The molecule has 0 unspecified atom stereocenters. The third kappa shape index (κ3) is 5.61. The number of carbonyl (C=O) groups excluding carboxylic acids is 2. The van der Waals surface area contributed by atoms with Crippen molar-refractivity contribution in [2.24, 2.45) is 0 Å². The number of amides is 1. The first-order valence-electron chi connectivity index (χ1n) is 12.8. The summed E-state index contributed by atoms with van der Waals surface area (Å²) in [6.07, 6.45) is 3.27. The number of aromatic nitrogens is 1. The smallest absolute Gasteiger partial charge is 0.295 e.